The fourth-order valence-electron chi connectivity index (χ4n) is 4.05. The molecule has 7 nitrogen and oxygen atoms in total. The van der Waals surface area contributed by atoms with Gasteiger partial charge in [-0.15, -0.1) is 0 Å². The molecule has 174 valence electrons. The van der Waals surface area contributed by atoms with E-state index < -0.39 is 12.0 Å². The first-order valence-electron chi connectivity index (χ1n) is 10.8. The molecule has 0 bridgehead atoms. The van der Waals surface area contributed by atoms with Gasteiger partial charge in [-0.3, -0.25) is 4.79 Å². The van der Waals surface area contributed by atoms with Crippen molar-refractivity contribution in [3.05, 3.63) is 94.0 Å². The normalized spacial score (nSPS) is 14.3. The van der Waals surface area contributed by atoms with E-state index in [9.17, 15) is 14.4 Å². The summed E-state index contributed by atoms with van der Waals surface area (Å²) in [7, 11) is 1.27. The topological polar surface area (TPSA) is 87.7 Å². The van der Waals surface area contributed by atoms with E-state index in [2.05, 4.69) is 10.6 Å². The van der Waals surface area contributed by atoms with E-state index in [0.717, 1.165) is 23.2 Å². The Labute approximate surface area is 202 Å². The van der Waals surface area contributed by atoms with Gasteiger partial charge in [0, 0.05) is 28.9 Å². The first kappa shape index (κ1) is 23.3. The highest BCUT2D eigenvalue weighted by molar-refractivity contribution is 6.31. The number of methoxy groups -OCH3 is 1. The predicted molar refractivity (Wildman–Crippen MR) is 132 cm³/mol. The van der Waals surface area contributed by atoms with Crippen LogP contribution in [0, 0.1) is 0 Å². The predicted octanol–water partition coefficient (Wildman–Crippen LogP) is 5.04. The molecule has 1 heterocycles. The fourth-order valence-corrected chi connectivity index (χ4v) is 4.22. The number of anilines is 2. The summed E-state index contributed by atoms with van der Waals surface area (Å²) < 4.78 is 4.75. The van der Waals surface area contributed by atoms with Crippen LogP contribution in [0.2, 0.25) is 5.02 Å². The van der Waals surface area contributed by atoms with Gasteiger partial charge < -0.3 is 20.3 Å². The molecule has 34 heavy (non-hydrogen) atoms. The molecule has 0 saturated heterocycles. The molecule has 0 radical (unpaired) electrons. The van der Waals surface area contributed by atoms with Gasteiger partial charge in [-0.05, 0) is 60.9 Å². The van der Waals surface area contributed by atoms with Gasteiger partial charge in [0.1, 0.15) is 0 Å². The molecule has 3 aromatic carbocycles. The van der Waals surface area contributed by atoms with Crippen molar-refractivity contribution in [3.8, 4) is 0 Å². The highest BCUT2D eigenvalue weighted by Crippen LogP contribution is 2.34. The molecule has 1 atom stereocenters. The van der Waals surface area contributed by atoms with E-state index >= 15 is 0 Å². The van der Waals surface area contributed by atoms with E-state index in [1.807, 2.05) is 48.2 Å². The van der Waals surface area contributed by atoms with Crippen LogP contribution in [0.1, 0.15) is 38.8 Å². The molecule has 0 saturated carbocycles. The first-order valence-corrected chi connectivity index (χ1v) is 11.2. The fraction of sp³-hybridized carbons (Fsp3) is 0.192. The molecule has 2 N–H and O–H groups in total. The van der Waals surface area contributed by atoms with Gasteiger partial charge in [-0.2, -0.15) is 0 Å². The number of benzene rings is 3. The summed E-state index contributed by atoms with van der Waals surface area (Å²) in [6, 6.07) is 19.1. The van der Waals surface area contributed by atoms with Gasteiger partial charge in [-0.1, -0.05) is 41.9 Å². The van der Waals surface area contributed by atoms with Crippen LogP contribution in [-0.2, 0) is 17.7 Å². The van der Waals surface area contributed by atoms with Crippen molar-refractivity contribution in [2.24, 2.45) is 0 Å². The summed E-state index contributed by atoms with van der Waals surface area (Å²) in [6.45, 7) is 2.26. The summed E-state index contributed by atoms with van der Waals surface area (Å²) >= 11 is 6.01. The first-order chi connectivity index (χ1) is 16.4. The zero-order chi connectivity index (χ0) is 24.2. The van der Waals surface area contributed by atoms with E-state index in [0.29, 0.717) is 10.6 Å². The Balaban J connectivity index is 1.47. The average Bonchev–Trinajstić information content (AvgIpc) is 3.17. The molecule has 0 spiro atoms. The Kier molecular flexibility index (Phi) is 6.84. The number of rotatable bonds is 5. The van der Waals surface area contributed by atoms with E-state index in [-0.39, 0.29) is 29.7 Å². The average molecular weight is 478 g/mol. The minimum absolute atomic E-state index is 0.0359. The maximum Gasteiger partial charge on any atom is 0.339 e. The summed E-state index contributed by atoms with van der Waals surface area (Å²) in [5.74, 6) is -0.631. The Bertz CT molecular complexity index is 1250. The van der Waals surface area contributed by atoms with Crippen LogP contribution in [0.25, 0.3) is 0 Å². The summed E-state index contributed by atoms with van der Waals surface area (Å²) in [4.78, 5) is 39.4. The van der Waals surface area contributed by atoms with E-state index in [1.54, 1.807) is 18.2 Å². The number of nitrogens with one attached hydrogen (secondary N) is 2. The lowest BCUT2D eigenvalue weighted by Gasteiger charge is -2.23. The number of hydrogen-bond donors (Lipinski definition) is 2. The van der Waals surface area contributed by atoms with Gasteiger partial charge in [0.15, 0.2) is 0 Å². The molecular weight excluding hydrogens is 454 g/mol. The monoisotopic (exact) mass is 477 g/mol. The highest BCUT2D eigenvalue weighted by atomic mass is 35.5. The molecule has 0 aromatic heterocycles. The third-order valence-corrected chi connectivity index (χ3v) is 5.93. The number of amides is 3. The van der Waals surface area contributed by atoms with Crippen molar-refractivity contribution in [2.45, 2.75) is 25.9 Å². The van der Waals surface area contributed by atoms with Crippen LogP contribution in [0.3, 0.4) is 0 Å². The summed E-state index contributed by atoms with van der Waals surface area (Å²) in [5, 5.41) is 5.80. The Morgan fingerprint density at radius 2 is 1.82 bits per heavy atom. The summed E-state index contributed by atoms with van der Waals surface area (Å²) in [6.07, 6.45) is 0.771. The van der Waals surface area contributed by atoms with E-state index in [4.69, 9.17) is 16.3 Å². The zero-order valence-corrected chi connectivity index (χ0v) is 19.6. The minimum atomic E-state index is -0.581. The number of hydrogen-bond acceptors (Lipinski definition) is 4. The lowest BCUT2D eigenvalue weighted by Crippen LogP contribution is -2.35. The Hall–Kier alpha value is -3.84. The van der Waals surface area contributed by atoms with Gasteiger partial charge in [-0.25, -0.2) is 9.59 Å². The molecule has 8 heteroatoms. The number of urea groups is 1. The Morgan fingerprint density at radius 3 is 2.56 bits per heavy atom. The molecule has 0 unspecified atom stereocenters. The van der Waals surface area contributed by atoms with Crippen molar-refractivity contribution in [3.63, 3.8) is 0 Å². The smallest absolute Gasteiger partial charge is 0.339 e. The number of nitrogens with zero attached hydrogens (tertiary/aromatic N) is 1. The second-order valence-electron chi connectivity index (χ2n) is 8.05. The zero-order valence-electron chi connectivity index (χ0n) is 18.8. The van der Waals surface area contributed by atoms with Gasteiger partial charge in [0.25, 0.3) is 5.91 Å². The quantitative estimate of drug-likeness (QED) is 0.504. The minimum Gasteiger partial charge on any atom is -0.465 e. The molecular formula is C26H24ClN3O4. The lowest BCUT2D eigenvalue weighted by atomic mass is 10.1. The molecule has 3 aromatic rings. The van der Waals surface area contributed by atoms with Crippen LogP contribution in [0.5, 0.6) is 0 Å². The summed E-state index contributed by atoms with van der Waals surface area (Å²) in [5.41, 5.74) is 3.86. The van der Waals surface area contributed by atoms with Crippen molar-refractivity contribution < 1.29 is 19.1 Å². The number of esters is 1. The van der Waals surface area contributed by atoms with Crippen LogP contribution >= 0.6 is 11.6 Å². The standard InChI is InChI=1S/C26H24ClN3O4/c1-16-12-19-9-8-17(13-23(19)30(16)24(31)18-6-4-3-5-7-18)15-28-26(33)29-22-14-20(27)10-11-21(22)25(32)34-2/h3-11,13-14,16H,12,15H2,1-2H3,(H2,28,29,33)/t16-/m1/s1. The number of carbonyl (C=O) groups is 3. The lowest BCUT2D eigenvalue weighted by molar-refractivity contribution is 0.0601. The second kappa shape index (κ2) is 9.97. The van der Waals surface area contributed by atoms with Crippen molar-refractivity contribution in [1.82, 2.24) is 5.32 Å². The van der Waals surface area contributed by atoms with Crippen molar-refractivity contribution in [2.75, 3.05) is 17.3 Å². The largest absolute Gasteiger partial charge is 0.465 e. The molecule has 0 fully saturated rings. The second-order valence-corrected chi connectivity index (χ2v) is 8.48. The molecule has 1 aliphatic rings. The SMILES string of the molecule is COC(=O)c1ccc(Cl)cc1NC(=O)NCc1ccc2c(c1)N(C(=O)c1ccccc1)[C@H](C)C2. The van der Waals surface area contributed by atoms with Gasteiger partial charge >= 0.3 is 12.0 Å². The Morgan fingerprint density at radius 1 is 1.06 bits per heavy atom. The van der Waals surface area contributed by atoms with Crippen LogP contribution < -0.4 is 15.5 Å². The van der Waals surface area contributed by atoms with E-state index in [1.165, 1.54) is 19.2 Å². The molecule has 0 aliphatic carbocycles. The van der Waals surface area contributed by atoms with Gasteiger partial charge in [0.2, 0.25) is 0 Å². The van der Waals surface area contributed by atoms with Crippen molar-refractivity contribution in [1.29, 1.82) is 0 Å². The maximum absolute atomic E-state index is 13.1. The maximum atomic E-state index is 13.1. The van der Waals surface area contributed by atoms with Crippen LogP contribution in [-0.4, -0.2) is 31.1 Å². The number of halogens is 1. The van der Waals surface area contributed by atoms with Crippen molar-refractivity contribution >= 4 is 40.9 Å². The van der Waals surface area contributed by atoms with Crippen LogP contribution in [0.15, 0.2) is 66.7 Å². The number of carbonyl (C=O) groups excluding carboxylic acids is 3. The third kappa shape index (κ3) is 4.89. The highest BCUT2D eigenvalue weighted by Gasteiger charge is 2.31. The number of ether oxygens (including phenoxy) is 1. The number of fused-ring (bicyclic) bond motifs is 1. The molecule has 4 rings (SSSR count). The molecule has 1 aliphatic heterocycles. The van der Waals surface area contributed by atoms with Crippen LogP contribution in [0.4, 0.5) is 16.2 Å². The molecule has 3 amide bonds. The van der Waals surface area contributed by atoms with Gasteiger partial charge in [0.05, 0.1) is 18.4 Å². The third-order valence-electron chi connectivity index (χ3n) is 5.69.